The second-order valence-electron chi connectivity index (χ2n) is 0.204. The molecule has 0 fully saturated rings. The summed E-state index contributed by atoms with van der Waals surface area (Å²) in [5.74, 6) is 0. The molecule has 0 atom stereocenters. The SMILES string of the molecule is [Mo][S][S][Mo].[O]=[Mo]=[O]. The van der Waals surface area contributed by atoms with Gasteiger partial charge in [-0.1, -0.05) is 0 Å². The summed E-state index contributed by atoms with van der Waals surface area (Å²) in [5.41, 5.74) is 0. The van der Waals surface area contributed by atoms with Crippen LogP contribution in [0.3, 0.4) is 0 Å². The van der Waals surface area contributed by atoms with Gasteiger partial charge in [0.2, 0.25) is 0 Å². The Labute approximate surface area is 78.1 Å². The van der Waals surface area contributed by atoms with E-state index in [0.29, 0.717) is 0 Å². The van der Waals surface area contributed by atoms with Crippen molar-refractivity contribution in [3.8, 4) is 0 Å². The van der Waals surface area contributed by atoms with E-state index in [1.165, 1.54) is 0 Å². The first kappa shape index (κ1) is 12.1. The fourth-order valence-electron chi connectivity index (χ4n) is 0. The van der Waals surface area contributed by atoms with Gasteiger partial charge in [0.1, 0.15) is 0 Å². The third-order valence-electron chi connectivity index (χ3n) is 0.0278. The summed E-state index contributed by atoms with van der Waals surface area (Å²) in [6.07, 6.45) is 0. The van der Waals surface area contributed by atoms with E-state index in [4.69, 9.17) is 6.80 Å². The zero-order valence-electron chi connectivity index (χ0n) is 2.86. The van der Waals surface area contributed by atoms with Gasteiger partial charge in [0.25, 0.3) is 0 Å². The average molecular weight is 384 g/mol. The van der Waals surface area contributed by atoms with Crippen molar-refractivity contribution in [3.05, 3.63) is 0 Å². The molecule has 7 heteroatoms. The van der Waals surface area contributed by atoms with E-state index in [0.717, 1.165) is 0 Å². The third kappa shape index (κ3) is 29.9. The molecule has 0 aliphatic heterocycles. The van der Waals surface area contributed by atoms with E-state index in [9.17, 15) is 0 Å². The Bertz CT molecular complexity index is 46.9. The van der Waals surface area contributed by atoms with Crippen LogP contribution in [-0.4, -0.2) is 0 Å². The molecule has 0 amide bonds. The molecule has 0 bridgehead atoms. The summed E-state index contributed by atoms with van der Waals surface area (Å²) in [7, 11) is 3.58. The second kappa shape index (κ2) is 15.8. The van der Waals surface area contributed by atoms with E-state index in [1.54, 1.807) is 17.0 Å². The van der Waals surface area contributed by atoms with Crippen LogP contribution in [0, 0.1) is 0 Å². The summed E-state index contributed by atoms with van der Waals surface area (Å²) in [5, 5.41) is 0. The van der Waals surface area contributed by atoms with Gasteiger partial charge in [-0.2, -0.15) is 0 Å². The molecule has 0 aliphatic rings. The fraction of sp³-hybridized carbons (Fsp3) is 0. The monoisotopic (exact) mass is 390 g/mol. The van der Waals surface area contributed by atoms with Gasteiger partial charge in [-0.3, -0.25) is 0 Å². The van der Waals surface area contributed by atoms with Crippen molar-refractivity contribution in [2.45, 2.75) is 0 Å². The summed E-state index contributed by atoms with van der Waals surface area (Å²) >= 11 is 1.98. The zero-order valence-corrected chi connectivity index (χ0v) is 10.5. The molecule has 0 radical (unpaired) electrons. The van der Waals surface area contributed by atoms with Crippen molar-refractivity contribution in [2.75, 3.05) is 0 Å². The second-order valence-corrected chi connectivity index (χ2v) is 7.65. The van der Waals surface area contributed by atoms with Gasteiger partial charge in [-0.15, -0.1) is 0 Å². The molecule has 0 aromatic rings. The van der Waals surface area contributed by atoms with Crippen molar-refractivity contribution in [3.63, 3.8) is 0 Å². The van der Waals surface area contributed by atoms with E-state index >= 15 is 0 Å². The Morgan fingerprint density at radius 2 is 1.29 bits per heavy atom. The van der Waals surface area contributed by atoms with Crippen LogP contribution < -0.4 is 0 Å². The van der Waals surface area contributed by atoms with Crippen LogP contribution in [-0.2, 0) is 62.4 Å². The quantitative estimate of drug-likeness (QED) is 0.500. The predicted octanol–water partition coefficient (Wildman–Crippen LogP) is 1.05. The Morgan fingerprint density at radius 1 is 1.14 bits per heavy atom. The molecule has 0 aliphatic carbocycles. The molecular weight excluding hydrogens is 384 g/mol. The molecule has 0 unspecified atom stereocenters. The van der Waals surface area contributed by atoms with E-state index in [1.807, 2.05) is 37.1 Å². The molecule has 0 rings (SSSR count). The summed E-state index contributed by atoms with van der Waals surface area (Å²) in [6, 6.07) is 0. The molecule has 0 saturated heterocycles. The van der Waals surface area contributed by atoms with Gasteiger partial charge < -0.3 is 0 Å². The number of hydrogen-bond donors (Lipinski definition) is 0. The van der Waals surface area contributed by atoms with Crippen LogP contribution in [0.2, 0.25) is 0 Å². The van der Waals surface area contributed by atoms with E-state index in [2.05, 4.69) is 0 Å². The Balaban J connectivity index is 0. The molecule has 42 valence electrons. The molecule has 0 saturated carbocycles. The average Bonchev–Trinajstić information content (AvgIpc) is 1.69. The van der Waals surface area contributed by atoms with Gasteiger partial charge in [0.05, 0.1) is 0 Å². The van der Waals surface area contributed by atoms with Crippen molar-refractivity contribution >= 4 is 17.0 Å². The van der Waals surface area contributed by atoms with Crippen molar-refractivity contribution in [1.82, 2.24) is 0 Å². The molecule has 0 N–H and O–H groups in total. The van der Waals surface area contributed by atoms with Gasteiger partial charge in [-0.05, 0) is 0 Å². The van der Waals surface area contributed by atoms with Crippen LogP contribution in [0.15, 0.2) is 0 Å². The Kier molecular flexibility index (Phi) is 27.2. The molecular formula is Mo3O2S2. The van der Waals surface area contributed by atoms with Gasteiger partial charge in [0, 0.05) is 0 Å². The Hall–Kier alpha value is 2.36. The molecule has 0 aromatic heterocycles. The van der Waals surface area contributed by atoms with Crippen LogP contribution in [0.4, 0.5) is 0 Å². The summed E-state index contributed by atoms with van der Waals surface area (Å²) in [4.78, 5) is 0. The minimum absolute atomic E-state index is 1.79. The standard InChI is InChI=1S/3Mo.2O.S2/c;;;;;1-2/q;2*+1;;;-2. The fourth-order valence-corrected chi connectivity index (χ4v) is 0. The Morgan fingerprint density at radius 3 is 1.29 bits per heavy atom. The van der Waals surface area contributed by atoms with Gasteiger partial charge >= 0.3 is 79.4 Å². The van der Waals surface area contributed by atoms with E-state index < -0.39 is 18.5 Å². The topological polar surface area (TPSA) is 34.1 Å². The van der Waals surface area contributed by atoms with Crippen LogP contribution in [0.1, 0.15) is 0 Å². The van der Waals surface area contributed by atoms with Gasteiger partial charge in [0.15, 0.2) is 0 Å². The van der Waals surface area contributed by atoms with Crippen molar-refractivity contribution < 1.29 is 62.4 Å². The first-order chi connectivity index (χ1) is 3.33. The van der Waals surface area contributed by atoms with Crippen molar-refractivity contribution in [1.29, 1.82) is 0 Å². The van der Waals surface area contributed by atoms with Crippen LogP contribution in [0.5, 0.6) is 0 Å². The molecule has 2 nitrogen and oxygen atoms in total. The zero-order chi connectivity index (χ0) is 6.12. The molecule has 0 heterocycles. The minimum atomic E-state index is -2.03. The van der Waals surface area contributed by atoms with Crippen molar-refractivity contribution in [2.24, 2.45) is 0 Å². The molecule has 0 aromatic carbocycles. The van der Waals surface area contributed by atoms with Crippen LogP contribution >= 0.6 is 17.0 Å². The predicted molar refractivity (Wildman–Crippen MR) is 16.6 cm³/mol. The van der Waals surface area contributed by atoms with Crippen LogP contribution in [0.25, 0.3) is 0 Å². The normalized spacial score (nSPS) is 5.71. The number of rotatable bonds is 1. The van der Waals surface area contributed by atoms with Gasteiger partial charge in [-0.25, -0.2) is 0 Å². The maximum absolute atomic E-state index is 8.50. The molecule has 7 heavy (non-hydrogen) atoms. The maximum atomic E-state index is 8.50. The number of hydrogen-bond acceptors (Lipinski definition) is 4. The molecule has 0 spiro atoms. The third-order valence-corrected chi connectivity index (χ3v) is 8.75. The summed E-state index contributed by atoms with van der Waals surface area (Å²) in [6.45, 7) is 0. The summed E-state index contributed by atoms with van der Waals surface area (Å²) < 4.78 is 17.0. The van der Waals surface area contributed by atoms with E-state index in [-0.39, 0.29) is 0 Å². The first-order valence-corrected chi connectivity index (χ1v) is 9.39. The first-order valence-electron chi connectivity index (χ1n) is 0.833.